The minimum atomic E-state index is -0.654. The number of aryl methyl sites for hydroxylation is 1. The van der Waals surface area contributed by atoms with Gasteiger partial charge in [0.1, 0.15) is 5.82 Å². The van der Waals surface area contributed by atoms with Crippen LogP contribution in [0.3, 0.4) is 0 Å². The largest absolute Gasteiger partial charge is 0.383 e. The lowest BCUT2D eigenvalue weighted by atomic mass is 10.0. The van der Waals surface area contributed by atoms with Crippen molar-refractivity contribution >= 4 is 23.1 Å². The van der Waals surface area contributed by atoms with Gasteiger partial charge in [-0.05, 0) is 36.5 Å². The molecular formula is C26H31N5O3. The molecule has 8 nitrogen and oxygen atoms in total. The van der Waals surface area contributed by atoms with Gasteiger partial charge in [-0.1, -0.05) is 61.9 Å². The molecule has 0 unspecified atom stereocenters. The Bertz CT molecular complexity index is 1270. The van der Waals surface area contributed by atoms with E-state index >= 15 is 0 Å². The van der Waals surface area contributed by atoms with E-state index in [4.69, 9.17) is 5.73 Å². The number of nitrogens with two attached hydrogens (primary N) is 1. The molecule has 8 heteroatoms. The molecule has 0 atom stereocenters. The molecule has 34 heavy (non-hydrogen) atoms. The molecule has 0 radical (unpaired) electrons. The van der Waals surface area contributed by atoms with Crippen LogP contribution in [-0.2, 0) is 24.3 Å². The number of nitrogens with zero attached hydrogens (tertiary/aromatic N) is 3. The molecule has 0 spiro atoms. The predicted octanol–water partition coefficient (Wildman–Crippen LogP) is 2.90. The summed E-state index contributed by atoms with van der Waals surface area (Å²) >= 11 is 0. The van der Waals surface area contributed by atoms with Crippen LogP contribution in [0.4, 0.5) is 17.2 Å². The van der Waals surface area contributed by atoms with Crippen molar-refractivity contribution in [2.24, 2.45) is 0 Å². The SMILES string of the molecule is CCCCn1c(N)c(N(Cc2ccccc2)C(=O)CN2CCCc3ccccc32)c(=O)[nH]c1=O. The average molecular weight is 462 g/mol. The van der Waals surface area contributed by atoms with Gasteiger partial charge in [-0.25, -0.2) is 4.79 Å². The van der Waals surface area contributed by atoms with Gasteiger partial charge >= 0.3 is 5.69 Å². The number of aromatic nitrogens is 2. The van der Waals surface area contributed by atoms with Crippen molar-refractivity contribution in [3.63, 3.8) is 0 Å². The lowest BCUT2D eigenvalue weighted by Crippen LogP contribution is -2.46. The predicted molar refractivity (Wildman–Crippen MR) is 135 cm³/mol. The lowest BCUT2D eigenvalue weighted by Gasteiger charge is -2.33. The first-order valence-electron chi connectivity index (χ1n) is 11.8. The van der Waals surface area contributed by atoms with E-state index in [-0.39, 0.29) is 30.5 Å². The Morgan fingerprint density at radius 1 is 1.09 bits per heavy atom. The van der Waals surface area contributed by atoms with Gasteiger partial charge in [0.25, 0.3) is 5.56 Å². The highest BCUT2D eigenvalue weighted by Gasteiger charge is 2.27. The number of amides is 1. The summed E-state index contributed by atoms with van der Waals surface area (Å²) in [4.78, 5) is 45.0. The summed E-state index contributed by atoms with van der Waals surface area (Å²) in [5.41, 5.74) is 8.28. The normalized spacial score (nSPS) is 12.9. The second-order valence-corrected chi connectivity index (χ2v) is 8.62. The maximum absolute atomic E-state index is 13.7. The van der Waals surface area contributed by atoms with Crippen molar-refractivity contribution in [3.05, 3.63) is 86.6 Å². The van der Waals surface area contributed by atoms with Gasteiger partial charge in [0.15, 0.2) is 5.69 Å². The Balaban J connectivity index is 1.73. The monoisotopic (exact) mass is 461 g/mol. The number of nitrogen functional groups attached to an aromatic ring is 1. The number of aromatic amines is 1. The molecule has 2 heterocycles. The highest BCUT2D eigenvalue weighted by atomic mass is 16.2. The number of nitrogens with one attached hydrogen (secondary N) is 1. The van der Waals surface area contributed by atoms with Crippen LogP contribution in [0.1, 0.15) is 37.3 Å². The fraction of sp³-hybridized carbons (Fsp3) is 0.346. The molecule has 0 saturated carbocycles. The van der Waals surface area contributed by atoms with Crippen molar-refractivity contribution in [2.45, 2.75) is 45.7 Å². The third-order valence-electron chi connectivity index (χ3n) is 6.24. The van der Waals surface area contributed by atoms with Crippen LogP contribution >= 0.6 is 0 Å². The van der Waals surface area contributed by atoms with Crippen molar-refractivity contribution in [3.8, 4) is 0 Å². The minimum absolute atomic E-state index is 0.0190. The molecule has 1 aliphatic rings. The molecular weight excluding hydrogens is 430 g/mol. The van der Waals surface area contributed by atoms with Crippen LogP contribution in [0.15, 0.2) is 64.2 Å². The average Bonchev–Trinajstić information content (AvgIpc) is 2.84. The summed E-state index contributed by atoms with van der Waals surface area (Å²) in [7, 11) is 0. The number of hydrogen-bond acceptors (Lipinski definition) is 5. The number of H-pyrrole nitrogens is 1. The first-order valence-corrected chi connectivity index (χ1v) is 11.8. The van der Waals surface area contributed by atoms with E-state index in [0.717, 1.165) is 43.5 Å². The minimum Gasteiger partial charge on any atom is -0.383 e. The Hall–Kier alpha value is -3.81. The zero-order valence-corrected chi connectivity index (χ0v) is 19.5. The quantitative estimate of drug-likeness (QED) is 0.537. The summed E-state index contributed by atoms with van der Waals surface area (Å²) in [5, 5.41) is 0. The van der Waals surface area contributed by atoms with E-state index in [1.54, 1.807) is 0 Å². The molecule has 1 aliphatic heterocycles. The summed E-state index contributed by atoms with van der Waals surface area (Å²) in [6.07, 6.45) is 3.52. The Morgan fingerprint density at radius 2 is 1.82 bits per heavy atom. The molecule has 0 bridgehead atoms. The maximum atomic E-state index is 13.7. The topological polar surface area (TPSA) is 104 Å². The van der Waals surface area contributed by atoms with Crippen molar-refractivity contribution < 1.29 is 4.79 Å². The van der Waals surface area contributed by atoms with Gasteiger partial charge in [0.05, 0.1) is 13.1 Å². The van der Waals surface area contributed by atoms with Gasteiger partial charge in [-0.3, -0.25) is 24.0 Å². The smallest absolute Gasteiger partial charge is 0.330 e. The number of benzene rings is 2. The third-order valence-corrected chi connectivity index (χ3v) is 6.24. The van der Waals surface area contributed by atoms with Crippen molar-refractivity contribution in [2.75, 3.05) is 28.6 Å². The number of rotatable bonds is 8. The summed E-state index contributed by atoms with van der Waals surface area (Å²) in [6, 6.07) is 17.5. The summed E-state index contributed by atoms with van der Waals surface area (Å²) < 4.78 is 1.35. The second kappa shape index (κ2) is 10.4. The molecule has 0 fully saturated rings. The Kier molecular flexibility index (Phi) is 7.15. The van der Waals surface area contributed by atoms with Crippen LogP contribution in [0, 0.1) is 0 Å². The summed E-state index contributed by atoms with van der Waals surface area (Å²) in [6.45, 7) is 3.42. The molecule has 1 aromatic heterocycles. The van der Waals surface area contributed by atoms with Gasteiger partial charge in [-0.2, -0.15) is 0 Å². The van der Waals surface area contributed by atoms with Gasteiger partial charge in [0.2, 0.25) is 5.91 Å². The zero-order chi connectivity index (χ0) is 24.1. The van der Waals surface area contributed by atoms with Crippen LogP contribution in [-0.4, -0.2) is 28.5 Å². The van der Waals surface area contributed by atoms with E-state index in [2.05, 4.69) is 16.0 Å². The van der Waals surface area contributed by atoms with E-state index < -0.39 is 11.2 Å². The molecule has 2 aromatic carbocycles. The number of fused-ring (bicyclic) bond motifs is 1. The van der Waals surface area contributed by atoms with E-state index in [1.165, 1.54) is 15.0 Å². The lowest BCUT2D eigenvalue weighted by molar-refractivity contribution is -0.117. The highest BCUT2D eigenvalue weighted by Crippen LogP contribution is 2.27. The standard InChI is InChI=1S/C26H31N5O3/c1-2-3-16-30-24(27)23(25(33)28-26(30)34)31(17-19-10-5-4-6-11-19)22(32)18-29-15-9-13-20-12-7-8-14-21(20)29/h4-8,10-12,14H,2-3,9,13,15-18,27H2,1H3,(H,28,33,34). The third kappa shape index (κ3) is 4.90. The number of carbonyl (C=O) groups excluding carboxylic acids is 1. The van der Waals surface area contributed by atoms with Crippen LogP contribution in [0.2, 0.25) is 0 Å². The number of hydrogen-bond donors (Lipinski definition) is 2. The van der Waals surface area contributed by atoms with E-state index in [0.29, 0.717) is 6.54 Å². The highest BCUT2D eigenvalue weighted by molar-refractivity contribution is 5.98. The Labute approximate surface area is 198 Å². The molecule has 3 N–H and O–H groups in total. The maximum Gasteiger partial charge on any atom is 0.330 e. The van der Waals surface area contributed by atoms with Crippen molar-refractivity contribution in [1.29, 1.82) is 0 Å². The molecule has 3 aromatic rings. The van der Waals surface area contributed by atoms with E-state index in [1.807, 2.05) is 55.5 Å². The first-order chi connectivity index (χ1) is 16.5. The fourth-order valence-electron chi connectivity index (χ4n) is 4.46. The molecule has 178 valence electrons. The first kappa shape index (κ1) is 23.4. The van der Waals surface area contributed by atoms with Gasteiger partial charge < -0.3 is 10.6 Å². The van der Waals surface area contributed by atoms with Crippen molar-refractivity contribution in [1.82, 2.24) is 9.55 Å². The zero-order valence-electron chi connectivity index (χ0n) is 19.5. The molecule has 1 amide bonds. The van der Waals surface area contributed by atoms with E-state index in [9.17, 15) is 14.4 Å². The number of anilines is 3. The van der Waals surface area contributed by atoms with Crippen LogP contribution in [0.25, 0.3) is 0 Å². The van der Waals surface area contributed by atoms with Gasteiger partial charge in [0, 0.05) is 18.8 Å². The molecule has 0 saturated heterocycles. The Morgan fingerprint density at radius 3 is 2.59 bits per heavy atom. The number of para-hydroxylation sites is 1. The second-order valence-electron chi connectivity index (χ2n) is 8.62. The fourth-order valence-corrected chi connectivity index (χ4v) is 4.46. The van der Waals surface area contributed by atoms with Crippen LogP contribution < -0.4 is 26.8 Å². The van der Waals surface area contributed by atoms with Crippen LogP contribution in [0.5, 0.6) is 0 Å². The molecule has 4 rings (SSSR count). The molecule has 0 aliphatic carbocycles. The number of carbonyl (C=O) groups is 1. The summed E-state index contributed by atoms with van der Waals surface area (Å²) in [5.74, 6) is -0.232. The number of unbranched alkanes of at least 4 members (excludes halogenated alkanes) is 1. The van der Waals surface area contributed by atoms with Gasteiger partial charge in [-0.15, -0.1) is 0 Å².